The Morgan fingerprint density at radius 3 is 2.66 bits per heavy atom. The largest absolute Gasteiger partial charge is 0.502 e. The fourth-order valence-corrected chi connectivity index (χ4v) is 4.50. The number of imide groups is 1. The van der Waals surface area contributed by atoms with E-state index in [-0.39, 0.29) is 29.5 Å². The molecule has 168 valence electrons. The molecule has 1 aliphatic heterocycles. The van der Waals surface area contributed by atoms with E-state index in [2.05, 4.69) is 29.8 Å². The number of amides is 2. The topological polar surface area (TPSA) is 110 Å². The van der Waals surface area contributed by atoms with Crippen LogP contribution in [0.4, 0.5) is 10.5 Å². The third-order valence-electron chi connectivity index (χ3n) is 4.80. The Labute approximate surface area is 197 Å². The standard InChI is InChI=1S/C22H21BrN2O6S/c1-12(2)16-5-4-13(3)8-18(16)31-7-6-24-21(27)19(32-22(24)28)10-14-9-15(23)11-17(20(14)26)25(29)30/h4-5,8-12,26H,6-7H2,1-3H3/b19-10-. The number of rotatable bonds is 7. The van der Waals surface area contributed by atoms with Crippen LogP contribution in [-0.2, 0) is 4.79 Å². The van der Waals surface area contributed by atoms with E-state index in [9.17, 15) is 24.8 Å². The van der Waals surface area contributed by atoms with Crippen molar-refractivity contribution in [1.29, 1.82) is 0 Å². The molecule has 0 spiro atoms. The van der Waals surface area contributed by atoms with Gasteiger partial charge in [-0.2, -0.15) is 0 Å². The number of ether oxygens (including phenoxy) is 1. The zero-order valence-corrected chi connectivity index (χ0v) is 20.0. The van der Waals surface area contributed by atoms with Crippen molar-refractivity contribution in [3.05, 3.63) is 66.5 Å². The first-order chi connectivity index (χ1) is 15.1. The van der Waals surface area contributed by atoms with Gasteiger partial charge in [0.05, 0.1) is 16.4 Å². The lowest BCUT2D eigenvalue weighted by Gasteiger charge is -2.17. The number of aryl methyl sites for hydroxylation is 1. The molecule has 0 saturated carbocycles. The van der Waals surface area contributed by atoms with Crippen LogP contribution >= 0.6 is 27.7 Å². The van der Waals surface area contributed by atoms with E-state index in [1.807, 2.05) is 25.1 Å². The van der Waals surface area contributed by atoms with Gasteiger partial charge in [-0.15, -0.1) is 0 Å². The Hall–Kier alpha value is -2.85. The van der Waals surface area contributed by atoms with Crippen molar-refractivity contribution in [2.75, 3.05) is 13.2 Å². The van der Waals surface area contributed by atoms with Gasteiger partial charge < -0.3 is 9.84 Å². The number of carbonyl (C=O) groups excluding carboxylic acids is 2. The number of carbonyl (C=O) groups is 2. The van der Waals surface area contributed by atoms with Gasteiger partial charge in [0.1, 0.15) is 12.4 Å². The van der Waals surface area contributed by atoms with Gasteiger partial charge in [0.2, 0.25) is 5.75 Å². The van der Waals surface area contributed by atoms with E-state index >= 15 is 0 Å². The van der Waals surface area contributed by atoms with E-state index in [4.69, 9.17) is 4.74 Å². The third-order valence-corrected chi connectivity index (χ3v) is 6.17. The zero-order valence-electron chi connectivity index (χ0n) is 17.6. The number of aromatic hydroxyl groups is 1. The lowest BCUT2D eigenvalue weighted by molar-refractivity contribution is -0.385. The molecule has 0 aliphatic carbocycles. The van der Waals surface area contributed by atoms with E-state index in [0.29, 0.717) is 22.0 Å². The first-order valence-corrected chi connectivity index (χ1v) is 11.3. The van der Waals surface area contributed by atoms with Gasteiger partial charge in [-0.25, -0.2) is 0 Å². The van der Waals surface area contributed by atoms with Crippen molar-refractivity contribution in [2.24, 2.45) is 0 Å². The van der Waals surface area contributed by atoms with Gasteiger partial charge >= 0.3 is 5.69 Å². The van der Waals surface area contributed by atoms with Gasteiger partial charge in [-0.05, 0) is 53.9 Å². The van der Waals surface area contributed by atoms with Crippen LogP contribution in [0.2, 0.25) is 0 Å². The van der Waals surface area contributed by atoms with Gasteiger partial charge in [-0.1, -0.05) is 41.9 Å². The molecule has 0 aromatic heterocycles. The van der Waals surface area contributed by atoms with Crippen molar-refractivity contribution >= 4 is 50.6 Å². The lowest BCUT2D eigenvalue weighted by Crippen LogP contribution is -2.32. The first-order valence-electron chi connectivity index (χ1n) is 9.74. The maximum absolute atomic E-state index is 12.7. The third kappa shape index (κ3) is 5.13. The molecule has 8 nitrogen and oxygen atoms in total. The molecule has 1 fully saturated rings. The predicted octanol–water partition coefficient (Wildman–Crippen LogP) is 5.61. The number of hydrogen-bond acceptors (Lipinski definition) is 7. The Morgan fingerprint density at radius 1 is 1.28 bits per heavy atom. The maximum Gasteiger partial charge on any atom is 0.312 e. The second-order valence-corrected chi connectivity index (χ2v) is 9.41. The van der Waals surface area contributed by atoms with E-state index in [1.165, 1.54) is 12.1 Å². The van der Waals surface area contributed by atoms with E-state index < -0.39 is 27.5 Å². The van der Waals surface area contributed by atoms with Crippen molar-refractivity contribution < 1.29 is 24.4 Å². The van der Waals surface area contributed by atoms with Crippen molar-refractivity contribution in [3.63, 3.8) is 0 Å². The van der Waals surface area contributed by atoms with Gasteiger partial charge in [0.25, 0.3) is 11.1 Å². The molecule has 0 bridgehead atoms. The molecular weight excluding hydrogens is 500 g/mol. The number of hydrogen-bond donors (Lipinski definition) is 1. The quantitative estimate of drug-likeness (QED) is 0.287. The second-order valence-electron chi connectivity index (χ2n) is 7.50. The average Bonchev–Trinajstić information content (AvgIpc) is 2.97. The summed E-state index contributed by atoms with van der Waals surface area (Å²) in [6.45, 7) is 6.25. The number of phenols is 1. The minimum Gasteiger partial charge on any atom is -0.502 e. The molecule has 3 rings (SSSR count). The highest BCUT2D eigenvalue weighted by Crippen LogP contribution is 2.38. The second kappa shape index (κ2) is 9.74. The molecule has 0 radical (unpaired) electrons. The molecule has 1 aliphatic rings. The van der Waals surface area contributed by atoms with E-state index in [0.717, 1.165) is 22.1 Å². The molecule has 2 amide bonds. The smallest absolute Gasteiger partial charge is 0.312 e. The number of phenolic OH excluding ortho intramolecular Hbond substituents is 1. The zero-order chi connectivity index (χ0) is 23.6. The molecule has 10 heteroatoms. The fraction of sp³-hybridized carbons (Fsp3) is 0.273. The van der Waals surface area contributed by atoms with Gasteiger partial charge in [0, 0.05) is 16.1 Å². The SMILES string of the molecule is Cc1ccc(C(C)C)c(OCCN2C(=O)S/C(=C\c3cc(Br)cc([N+](=O)[O-])c3O)C2=O)c1. The highest BCUT2D eigenvalue weighted by molar-refractivity contribution is 9.10. The minimum atomic E-state index is -0.725. The van der Waals surface area contributed by atoms with Crippen LogP contribution in [0.5, 0.6) is 11.5 Å². The normalized spacial score (nSPS) is 15.2. The number of nitro benzene ring substituents is 1. The molecule has 32 heavy (non-hydrogen) atoms. The van der Waals surface area contributed by atoms with Crippen molar-refractivity contribution in [2.45, 2.75) is 26.7 Å². The lowest BCUT2D eigenvalue weighted by atomic mass is 10.0. The van der Waals surface area contributed by atoms with Crippen LogP contribution in [0.1, 0.15) is 36.5 Å². The molecule has 1 N–H and O–H groups in total. The van der Waals surface area contributed by atoms with Crippen molar-refractivity contribution in [1.82, 2.24) is 4.90 Å². The number of halogens is 1. The Bertz CT molecular complexity index is 1130. The monoisotopic (exact) mass is 520 g/mol. The summed E-state index contributed by atoms with van der Waals surface area (Å²) in [7, 11) is 0. The molecule has 0 atom stereocenters. The minimum absolute atomic E-state index is 0.0537. The van der Waals surface area contributed by atoms with Crippen LogP contribution in [0.3, 0.4) is 0 Å². The molecule has 2 aromatic rings. The van der Waals surface area contributed by atoms with Gasteiger partial charge in [-0.3, -0.25) is 24.6 Å². The summed E-state index contributed by atoms with van der Waals surface area (Å²) in [6, 6.07) is 8.52. The van der Waals surface area contributed by atoms with Crippen LogP contribution in [-0.4, -0.2) is 39.2 Å². The number of benzene rings is 2. The summed E-state index contributed by atoms with van der Waals surface area (Å²) >= 11 is 3.86. The van der Waals surface area contributed by atoms with Crippen molar-refractivity contribution in [3.8, 4) is 11.5 Å². The highest BCUT2D eigenvalue weighted by atomic mass is 79.9. The first kappa shape index (κ1) is 23.8. The predicted molar refractivity (Wildman–Crippen MR) is 126 cm³/mol. The molecular formula is C22H21BrN2O6S. The Kier molecular flexibility index (Phi) is 7.25. The summed E-state index contributed by atoms with van der Waals surface area (Å²) < 4.78 is 6.23. The average molecular weight is 521 g/mol. The molecule has 1 saturated heterocycles. The van der Waals surface area contributed by atoms with Gasteiger partial charge in [0.15, 0.2) is 0 Å². The van der Waals surface area contributed by atoms with Crippen LogP contribution < -0.4 is 4.74 Å². The number of nitro groups is 1. The van der Waals surface area contributed by atoms with Crippen LogP contribution in [0, 0.1) is 17.0 Å². The number of thioether (sulfide) groups is 1. The molecule has 0 unspecified atom stereocenters. The number of nitrogens with zero attached hydrogens (tertiary/aromatic N) is 2. The summed E-state index contributed by atoms with van der Waals surface area (Å²) in [5.74, 6) is -0.144. The Morgan fingerprint density at radius 2 is 2.00 bits per heavy atom. The van der Waals surface area contributed by atoms with Crippen LogP contribution in [0.15, 0.2) is 39.7 Å². The molecule has 2 aromatic carbocycles. The molecule has 1 heterocycles. The Balaban J connectivity index is 1.75. The summed E-state index contributed by atoms with van der Waals surface area (Å²) in [5.41, 5.74) is 1.64. The summed E-state index contributed by atoms with van der Waals surface area (Å²) in [5, 5.41) is 20.8. The fourth-order valence-electron chi connectivity index (χ4n) is 3.18. The van der Waals surface area contributed by atoms with E-state index in [1.54, 1.807) is 0 Å². The maximum atomic E-state index is 12.7. The summed E-state index contributed by atoms with van der Waals surface area (Å²) in [4.78, 5) is 36.6. The highest BCUT2D eigenvalue weighted by Gasteiger charge is 2.35. The van der Waals surface area contributed by atoms with Crippen LogP contribution in [0.25, 0.3) is 6.08 Å². The summed E-state index contributed by atoms with van der Waals surface area (Å²) in [6.07, 6.45) is 1.27.